The molecule has 1 aromatic carbocycles. The molecular formula is C13H15NO3. The zero-order chi connectivity index (χ0) is 12.6. The number of carboxylic acid groups (broad SMARTS) is 1. The normalized spacial score (nSPS) is 22.0. The highest BCUT2D eigenvalue weighted by Gasteiger charge is 2.49. The molecule has 1 fully saturated rings. The van der Waals surface area contributed by atoms with Gasteiger partial charge in [0.2, 0.25) is 5.91 Å². The first-order valence-electron chi connectivity index (χ1n) is 5.57. The van der Waals surface area contributed by atoms with Crippen LogP contribution in [-0.4, -0.2) is 24.0 Å². The molecule has 1 saturated carbocycles. The van der Waals surface area contributed by atoms with E-state index < -0.39 is 11.9 Å². The lowest BCUT2D eigenvalue weighted by Crippen LogP contribution is -2.29. The van der Waals surface area contributed by atoms with E-state index in [-0.39, 0.29) is 11.8 Å². The van der Waals surface area contributed by atoms with Crippen molar-refractivity contribution in [3.05, 3.63) is 29.8 Å². The van der Waals surface area contributed by atoms with Gasteiger partial charge in [-0.15, -0.1) is 0 Å². The van der Waals surface area contributed by atoms with Crippen LogP contribution in [0.2, 0.25) is 0 Å². The van der Waals surface area contributed by atoms with Gasteiger partial charge in [-0.3, -0.25) is 9.59 Å². The van der Waals surface area contributed by atoms with Crippen molar-refractivity contribution in [3.8, 4) is 0 Å². The van der Waals surface area contributed by atoms with E-state index in [1.807, 2.05) is 31.2 Å². The molecule has 0 spiro atoms. The molecule has 0 aromatic heterocycles. The molecule has 17 heavy (non-hydrogen) atoms. The van der Waals surface area contributed by atoms with Crippen molar-refractivity contribution in [1.82, 2.24) is 0 Å². The van der Waals surface area contributed by atoms with Crippen LogP contribution in [-0.2, 0) is 9.59 Å². The summed E-state index contributed by atoms with van der Waals surface area (Å²) in [6.45, 7) is 1.96. The summed E-state index contributed by atoms with van der Waals surface area (Å²) in [5, 5.41) is 8.80. The second-order valence-electron chi connectivity index (χ2n) is 4.52. The molecular weight excluding hydrogens is 218 g/mol. The van der Waals surface area contributed by atoms with Gasteiger partial charge in [-0.25, -0.2) is 0 Å². The van der Waals surface area contributed by atoms with E-state index in [0.29, 0.717) is 6.42 Å². The molecule has 1 aromatic rings. The van der Waals surface area contributed by atoms with Crippen LogP contribution < -0.4 is 4.90 Å². The molecule has 2 atom stereocenters. The van der Waals surface area contributed by atoms with Crippen LogP contribution in [0.3, 0.4) is 0 Å². The summed E-state index contributed by atoms with van der Waals surface area (Å²) in [5.41, 5.74) is 1.89. The molecule has 2 unspecified atom stereocenters. The lowest BCUT2D eigenvalue weighted by atomic mass is 10.2. The Kier molecular flexibility index (Phi) is 2.88. The molecule has 1 aliphatic rings. The Labute approximate surface area is 99.9 Å². The van der Waals surface area contributed by atoms with Gasteiger partial charge in [0.05, 0.1) is 11.8 Å². The predicted molar refractivity (Wildman–Crippen MR) is 63.8 cm³/mol. The zero-order valence-electron chi connectivity index (χ0n) is 9.88. The standard InChI is InChI=1S/C13H15NO3/c1-8-4-3-5-9(6-8)14(2)12(15)10-7-11(10)13(16)17/h3-6,10-11H,7H2,1-2H3,(H,16,17). The van der Waals surface area contributed by atoms with E-state index in [2.05, 4.69) is 0 Å². The van der Waals surface area contributed by atoms with E-state index in [9.17, 15) is 9.59 Å². The summed E-state index contributed by atoms with van der Waals surface area (Å²) in [4.78, 5) is 24.3. The summed E-state index contributed by atoms with van der Waals surface area (Å²) in [6, 6.07) is 7.61. The maximum Gasteiger partial charge on any atom is 0.307 e. The van der Waals surface area contributed by atoms with Crippen molar-refractivity contribution in [2.75, 3.05) is 11.9 Å². The summed E-state index contributed by atoms with van der Waals surface area (Å²) in [6.07, 6.45) is 0.463. The van der Waals surface area contributed by atoms with E-state index in [1.165, 1.54) is 0 Å². The molecule has 0 radical (unpaired) electrons. The summed E-state index contributed by atoms with van der Waals surface area (Å²) in [7, 11) is 1.69. The van der Waals surface area contributed by atoms with E-state index in [0.717, 1.165) is 11.3 Å². The average molecular weight is 233 g/mol. The van der Waals surface area contributed by atoms with Crippen LogP contribution in [0.25, 0.3) is 0 Å². The fourth-order valence-electron chi connectivity index (χ4n) is 1.95. The average Bonchev–Trinajstić information content (AvgIpc) is 3.07. The Morgan fingerprint density at radius 3 is 2.59 bits per heavy atom. The first-order valence-corrected chi connectivity index (χ1v) is 5.57. The molecule has 0 saturated heterocycles. The van der Waals surface area contributed by atoms with Crippen LogP contribution in [0.4, 0.5) is 5.69 Å². The summed E-state index contributed by atoms with van der Waals surface area (Å²) in [5.74, 6) is -1.82. The quantitative estimate of drug-likeness (QED) is 0.864. The van der Waals surface area contributed by atoms with Gasteiger partial charge in [0.15, 0.2) is 0 Å². The lowest BCUT2D eigenvalue weighted by Gasteiger charge is -2.17. The smallest absolute Gasteiger partial charge is 0.307 e. The van der Waals surface area contributed by atoms with Gasteiger partial charge in [0, 0.05) is 12.7 Å². The minimum atomic E-state index is -0.874. The van der Waals surface area contributed by atoms with Crippen molar-refractivity contribution in [2.45, 2.75) is 13.3 Å². The fourth-order valence-corrected chi connectivity index (χ4v) is 1.95. The van der Waals surface area contributed by atoms with Gasteiger partial charge < -0.3 is 10.0 Å². The maximum absolute atomic E-state index is 12.0. The first-order chi connectivity index (χ1) is 8.00. The first kappa shape index (κ1) is 11.6. The van der Waals surface area contributed by atoms with Crippen LogP contribution in [0.1, 0.15) is 12.0 Å². The maximum atomic E-state index is 12.0. The number of aryl methyl sites for hydroxylation is 1. The lowest BCUT2D eigenvalue weighted by molar-refractivity contribution is -0.139. The number of carbonyl (C=O) groups excluding carboxylic acids is 1. The van der Waals surface area contributed by atoms with Crippen molar-refractivity contribution in [1.29, 1.82) is 0 Å². The molecule has 90 valence electrons. The molecule has 1 N–H and O–H groups in total. The third kappa shape index (κ3) is 2.30. The molecule has 4 heteroatoms. The Hall–Kier alpha value is -1.84. The molecule has 0 aliphatic heterocycles. The van der Waals surface area contributed by atoms with Crippen LogP contribution in [0.15, 0.2) is 24.3 Å². The Morgan fingerprint density at radius 2 is 2.06 bits per heavy atom. The number of carboxylic acids is 1. The molecule has 1 amide bonds. The molecule has 0 bridgehead atoms. The van der Waals surface area contributed by atoms with Gasteiger partial charge in [0.25, 0.3) is 0 Å². The molecule has 1 aliphatic carbocycles. The molecule has 4 nitrogen and oxygen atoms in total. The SMILES string of the molecule is Cc1cccc(N(C)C(=O)C2CC2C(=O)O)c1. The van der Waals surface area contributed by atoms with Crippen molar-refractivity contribution < 1.29 is 14.7 Å². The number of aliphatic carboxylic acids is 1. The predicted octanol–water partition coefficient (Wildman–Crippen LogP) is 1.68. The van der Waals surface area contributed by atoms with E-state index in [4.69, 9.17) is 5.11 Å². The van der Waals surface area contributed by atoms with Gasteiger partial charge in [0.1, 0.15) is 0 Å². The number of benzene rings is 1. The van der Waals surface area contributed by atoms with Crippen LogP contribution >= 0.6 is 0 Å². The minimum Gasteiger partial charge on any atom is -0.481 e. The second kappa shape index (κ2) is 4.20. The number of hydrogen-bond acceptors (Lipinski definition) is 2. The minimum absolute atomic E-state index is 0.108. The third-order valence-corrected chi connectivity index (χ3v) is 3.14. The number of rotatable bonds is 3. The van der Waals surface area contributed by atoms with Crippen LogP contribution in [0.5, 0.6) is 0 Å². The second-order valence-corrected chi connectivity index (χ2v) is 4.52. The fraction of sp³-hybridized carbons (Fsp3) is 0.385. The monoisotopic (exact) mass is 233 g/mol. The largest absolute Gasteiger partial charge is 0.481 e. The van der Waals surface area contributed by atoms with Gasteiger partial charge in [-0.2, -0.15) is 0 Å². The summed E-state index contributed by atoms with van der Waals surface area (Å²) < 4.78 is 0. The van der Waals surface area contributed by atoms with Crippen molar-refractivity contribution >= 4 is 17.6 Å². The van der Waals surface area contributed by atoms with E-state index in [1.54, 1.807) is 11.9 Å². The number of carbonyl (C=O) groups is 2. The van der Waals surface area contributed by atoms with Gasteiger partial charge in [-0.05, 0) is 31.0 Å². The van der Waals surface area contributed by atoms with Gasteiger partial charge >= 0.3 is 5.97 Å². The van der Waals surface area contributed by atoms with Crippen LogP contribution in [0, 0.1) is 18.8 Å². The number of amides is 1. The van der Waals surface area contributed by atoms with Crippen molar-refractivity contribution in [2.24, 2.45) is 11.8 Å². The Bertz CT molecular complexity index is 469. The topological polar surface area (TPSA) is 57.6 Å². The van der Waals surface area contributed by atoms with Crippen molar-refractivity contribution in [3.63, 3.8) is 0 Å². The number of anilines is 1. The zero-order valence-corrected chi connectivity index (χ0v) is 9.88. The Balaban J connectivity index is 2.09. The van der Waals surface area contributed by atoms with E-state index >= 15 is 0 Å². The van der Waals surface area contributed by atoms with Gasteiger partial charge in [-0.1, -0.05) is 12.1 Å². The highest BCUT2D eigenvalue weighted by atomic mass is 16.4. The Morgan fingerprint density at radius 1 is 1.35 bits per heavy atom. The highest BCUT2D eigenvalue weighted by Crippen LogP contribution is 2.40. The number of nitrogens with zero attached hydrogens (tertiary/aromatic N) is 1. The summed E-state index contributed by atoms with van der Waals surface area (Å²) >= 11 is 0. The number of hydrogen-bond donors (Lipinski definition) is 1. The third-order valence-electron chi connectivity index (χ3n) is 3.14. The molecule has 0 heterocycles. The molecule has 2 rings (SSSR count). The highest BCUT2D eigenvalue weighted by molar-refractivity contribution is 5.99.